The summed E-state index contributed by atoms with van der Waals surface area (Å²) in [4.78, 5) is 12.1. The number of carbonyl (C=O) groups is 1. The van der Waals surface area contributed by atoms with Crippen LogP contribution in [0.3, 0.4) is 0 Å². The average Bonchev–Trinajstić information content (AvgIpc) is 2.97. The van der Waals surface area contributed by atoms with Gasteiger partial charge in [0, 0.05) is 6.42 Å². The van der Waals surface area contributed by atoms with Gasteiger partial charge in [-0.25, -0.2) is 0 Å². The summed E-state index contributed by atoms with van der Waals surface area (Å²) in [6.07, 6.45) is 43.1. The Morgan fingerprint density at radius 3 is 1.73 bits per heavy atom. The summed E-state index contributed by atoms with van der Waals surface area (Å²) in [5.41, 5.74) is 5.66. The Bertz CT molecular complexity index is 895. The summed E-state index contributed by atoms with van der Waals surface area (Å²) in [7, 11) is 0. The molecule has 2 nitrogen and oxygen atoms in total. The molecule has 2 heteroatoms. The highest BCUT2D eigenvalue weighted by atomic mass is 16.5. The van der Waals surface area contributed by atoms with Gasteiger partial charge in [0.2, 0.25) is 0 Å². The van der Waals surface area contributed by atoms with E-state index in [1.54, 1.807) is 0 Å². The third kappa shape index (κ3) is 21.8. The largest absolute Gasteiger partial charge is 0.461 e. The fourth-order valence-electron chi connectivity index (χ4n) is 6.39. The van der Waals surface area contributed by atoms with Crippen molar-refractivity contribution in [2.45, 2.75) is 189 Å². The predicted octanol–water partition coefficient (Wildman–Crippen LogP) is 13.9. The van der Waals surface area contributed by atoms with Crippen molar-refractivity contribution in [3.63, 3.8) is 0 Å². The minimum atomic E-state index is -0.0684. The summed E-state index contributed by atoms with van der Waals surface area (Å²) in [6, 6.07) is 0. The maximum Gasteiger partial charge on any atom is 0.306 e. The van der Waals surface area contributed by atoms with E-state index in [4.69, 9.17) is 4.74 Å². The van der Waals surface area contributed by atoms with E-state index >= 15 is 0 Å². The number of rotatable bonds is 26. The van der Waals surface area contributed by atoms with Gasteiger partial charge in [-0.15, -0.1) is 0 Å². The van der Waals surface area contributed by atoms with Gasteiger partial charge < -0.3 is 4.74 Å². The molecule has 1 aliphatic carbocycles. The molecule has 0 aliphatic heterocycles. The molecule has 0 saturated heterocycles. The van der Waals surface area contributed by atoms with Gasteiger partial charge in [0.15, 0.2) is 0 Å². The quantitative estimate of drug-likeness (QED) is 0.0554. The van der Waals surface area contributed by atoms with Gasteiger partial charge >= 0.3 is 5.97 Å². The minimum absolute atomic E-state index is 0.0684. The first-order chi connectivity index (χ1) is 21.3. The average molecular weight is 609 g/mol. The van der Waals surface area contributed by atoms with Crippen molar-refractivity contribution in [1.29, 1.82) is 0 Å². The monoisotopic (exact) mass is 609 g/mol. The van der Waals surface area contributed by atoms with E-state index < -0.39 is 0 Å². The van der Waals surface area contributed by atoms with Crippen molar-refractivity contribution < 1.29 is 9.53 Å². The van der Waals surface area contributed by atoms with E-state index in [-0.39, 0.29) is 11.4 Å². The van der Waals surface area contributed by atoms with Crippen LogP contribution in [-0.4, -0.2) is 12.6 Å². The van der Waals surface area contributed by atoms with Gasteiger partial charge in [0.1, 0.15) is 6.61 Å². The molecule has 0 spiro atoms. The van der Waals surface area contributed by atoms with E-state index in [0.717, 1.165) is 18.4 Å². The first kappa shape index (κ1) is 40.2. The second-order valence-corrected chi connectivity index (χ2v) is 14.3. The number of hydrogen-bond donors (Lipinski definition) is 0. The number of carbonyl (C=O) groups excluding carboxylic acids is 1. The molecule has 0 bridgehead atoms. The van der Waals surface area contributed by atoms with Crippen LogP contribution in [0.2, 0.25) is 0 Å². The molecule has 0 atom stereocenters. The third-order valence-electron chi connectivity index (χ3n) is 9.41. The molecule has 1 aliphatic rings. The van der Waals surface area contributed by atoms with Crippen molar-refractivity contribution in [3.8, 4) is 0 Å². The standard InChI is InChI=1S/C42H72O2/c1-7-8-9-10-11-12-13-14-15-16-17-18-19-20-21-22-23-24-25-31-41(43)44-36-34-38(3)29-26-28-37(2)32-33-40-39(4)30-27-35-42(40,5)6/h26,28-29,32-34H,7-25,27,30-31,35-36H2,1-6H3/b29-26+,33-32+,37-28+,38-34+. The third-order valence-corrected chi connectivity index (χ3v) is 9.41. The lowest BCUT2D eigenvalue weighted by atomic mass is 9.72. The molecule has 0 aromatic carbocycles. The number of hydrogen-bond acceptors (Lipinski definition) is 2. The van der Waals surface area contributed by atoms with Gasteiger partial charge in [-0.3, -0.25) is 4.79 Å². The van der Waals surface area contributed by atoms with Crippen LogP contribution in [0.15, 0.2) is 58.7 Å². The molecule has 252 valence electrons. The summed E-state index contributed by atoms with van der Waals surface area (Å²) in [5, 5.41) is 0. The minimum Gasteiger partial charge on any atom is -0.461 e. The SMILES string of the molecule is CCCCCCCCCCCCCCCCCCCCCC(=O)OC/C=C(C)/C=C/C=C(C)/C=C/C1=C(C)CCCC1(C)C. The highest BCUT2D eigenvalue weighted by Gasteiger charge is 2.26. The fourth-order valence-corrected chi connectivity index (χ4v) is 6.39. The van der Waals surface area contributed by atoms with Crippen molar-refractivity contribution in [2.75, 3.05) is 6.61 Å². The van der Waals surface area contributed by atoms with E-state index in [9.17, 15) is 4.79 Å². The van der Waals surface area contributed by atoms with Crippen molar-refractivity contribution >= 4 is 5.97 Å². The van der Waals surface area contributed by atoms with E-state index in [0.29, 0.717) is 13.0 Å². The number of allylic oxidation sites excluding steroid dienone is 9. The maximum absolute atomic E-state index is 12.1. The Labute approximate surface area is 275 Å². The Balaban J connectivity index is 1.99. The number of unbranched alkanes of at least 4 members (excludes halogenated alkanes) is 18. The molecule has 0 heterocycles. The van der Waals surface area contributed by atoms with Gasteiger partial charge in [0.05, 0.1) is 0 Å². The molecule has 0 unspecified atom stereocenters. The lowest BCUT2D eigenvalue weighted by molar-refractivity contribution is -0.142. The van der Waals surface area contributed by atoms with Crippen molar-refractivity contribution in [2.24, 2.45) is 5.41 Å². The second kappa shape index (κ2) is 26.4. The molecule has 44 heavy (non-hydrogen) atoms. The summed E-state index contributed by atoms with van der Waals surface area (Å²) in [5.74, 6) is -0.0684. The Hall–Kier alpha value is -1.83. The van der Waals surface area contributed by atoms with E-state index in [1.807, 2.05) is 6.08 Å². The Kier molecular flexibility index (Phi) is 24.1. The van der Waals surface area contributed by atoms with Crippen LogP contribution in [0, 0.1) is 5.41 Å². The fraction of sp³-hybridized carbons (Fsp3) is 0.738. The zero-order valence-corrected chi connectivity index (χ0v) is 30.3. The molecule has 0 saturated carbocycles. The zero-order chi connectivity index (χ0) is 32.3. The highest BCUT2D eigenvalue weighted by molar-refractivity contribution is 5.69. The maximum atomic E-state index is 12.1. The molecule has 0 amide bonds. The number of ether oxygens (including phenoxy) is 1. The van der Waals surface area contributed by atoms with Crippen LogP contribution in [-0.2, 0) is 9.53 Å². The van der Waals surface area contributed by atoms with E-state index in [1.165, 1.54) is 145 Å². The predicted molar refractivity (Wildman–Crippen MR) is 195 cm³/mol. The Morgan fingerprint density at radius 1 is 0.727 bits per heavy atom. The van der Waals surface area contributed by atoms with Crippen LogP contribution in [0.1, 0.15) is 189 Å². The molecule has 0 aromatic rings. The topological polar surface area (TPSA) is 26.3 Å². The summed E-state index contributed by atoms with van der Waals surface area (Å²) < 4.78 is 5.43. The van der Waals surface area contributed by atoms with Crippen LogP contribution < -0.4 is 0 Å². The number of esters is 1. The van der Waals surface area contributed by atoms with Crippen LogP contribution in [0.5, 0.6) is 0 Å². The zero-order valence-electron chi connectivity index (χ0n) is 30.3. The van der Waals surface area contributed by atoms with Crippen LogP contribution in [0.4, 0.5) is 0 Å². The smallest absolute Gasteiger partial charge is 0.306 e. The molecule has 0 aromatic heterocycles. The molecule has 0 fully saturated rings. The van der Waals surface area contributed by atoms with Crippen molar-refractivity contribution in [3.05, 3.63) is 58.7 Å². The van der Waals surface area contributed by atoms with Crippen molar-refractivity contribution in [1.82, 2.24) is 0 Å². The molecule has 0 radical (unpaired) electrons. The first-order valence-corrected chi connectivity index (χ1v) is 18.8. The van der Waals surface area contributed by atoms with Gasteiger partial charge in [-0.05, 0) is 63.5 Å². The van der Waals surface area contributed by atoms with Gasteiger partial charge in [-0.1, -0.05) is 183 Å². The normalized spacial score (nSPS) is 16.0. The van der Waals surface area contributed by atoms with E-state index in [2.05, 4.69) is 71.9 Å². The highest BCUT2D eigenvalue weighted by Crippen LogP contribution is 2.40. The Morgan fingerprint density at radius 2 is 1.23 bits per heavy atom. The van der Waals surface area contributed by atoms with Gasteiger partial charge in [-0.2, -0.15) is 0 Å². The summed E-state index contributed by atoms with van der Waals surface area (Å²) >= 11 is 0. The first-order valence-electron chi connectivity index (χ1n) is 18.8. The van der Waals surface area contributed by atoms with Gasteiger partial charge in [0.25, 0.3) is 0 Å². The lowest BCUT2D eigenvalue weighted by Crippen LogP contribution is -2.19. The summed E-state index contributed by atoms with van der Waals surface area (Å²) in [6.45, 7) is 13.9. The molecule has 1 rings (SSSR count). The molecular weight excluding hydrogens is 536 g/mol. The lowest BCUT2D eigenvalue weighted by Gasteiger charge is -2.32. The second-order valence-electron chi connectivity index (χ2n) is 14.3. The molecule has 0 N–H and O–H groups in total. The molecular formula is C42H72O2. The van der Waals surface area contributed by atoms with Crippen LogP contribution >= 0.6 is 0 Å². The van der Waals surface area contributed by atoms with Crippen LogP contribution in [0.25, 0.3) is 0 Å².